The van der Waals surface area contributed by atoms with Crippen LogP contribution in [0.3, 0.4) is 0 Å². The van der Waals surface area contributed by atoms with E-state index in [4.69, 9.17) is 0 Å². The Morgan fingerprint density at radius 1 is 1.00 bits per heavy atom. The van der Waals surface area contributed by atoms with Gasteiger partial charge in [0.2, 0.25) is 11.8 Å². The number of carbonyl (C=O) groups is 4. The number of carboxylic acid groups (broad SMARTS) is 2. The molecule has 4 aliphatic heterocycles. The second kappa shape index (κ2) is 13.2. The molecule has 0 aliphatic carbocycles. The number of nitrogens with one attached hydrogen (secondary N) is 4. The molecule has 4 aliphatic rings. The number of aromatic nitrogens is 1. The van der Waals surface area contributed by atoms with Gasteiger partial charge in [0.1, 0.15) is 0 Å². The Hall–Kier alpha value is -3.38. The van der Waals surface area contributed by atoms with Crippen molar-refractivity contribution in [2.24, 2.45) is 11.8 Å². The van der Waals surface area contributed by atoms with E-state index < -0.39 is 11.9 Å². The van der Waals surface area contributed by atoms with E-state index in [-0.39, 0.29) is 53.8 Å². The number of rotatable bonds is 12. The molecule has 0 spiro atoms. The van der Waals surface area contributed by atoms with Gasteiger partial charge in [0, 0.05) is 75.3 Å². The Morgan fingerprint density at radius 2 is 1.64 bits per heavy atom. The molecular formula is C33H42N4O6S2. The zero-order valence-corrected chi connectivity index (χ0v) is 28.0. The first-order chi connectivity index (χ1) is 21.3. The summed E-state index contributed by atoms with van der Waals surface area (Å²) in [4.78, 5) is 51.9. The minimum absolute atomic E-state index is 0.0146. The molecule has 0 saturated carbocycles. The van der Waals surface area contributed by atoms with Gasteiger partial charge in [-0.05, 0) is 87.0 Å². The topological polar surface area (TPSA) is 161 Å². The molecule has 45 heavy (non-hydrogen) atoms. The molecule has 2 amide bonds. The molecule has 1 aromatic heterocycles. The lowest BCUT2D eigenvalue weighted by Gasteiger charge is -2.20. The van der Waals surface area contributed by atoms with Crippen LogP contribution in [0.2, 0.25) is 0 Å². The van der Waals surface area contributed by atoms with Gasteiger partial charge in [-0.2, -0.15) is 24.4 Å². The second-order valence-corrected chi connectivity index (χ2v) is 14.6. The fourth-order valence-electron chi connectivity index (χ4n) is 6.93. The minimum Gasteiger partial charge on any atom is -0.481 e. The van der Waals surface area contributed by atoms with E-state index in [2.05, 4.69) is 33.6 Å². The van der Waals surface area contributed by atoms with Gasteiger partial charge in [-0.15, -0.1) is 0 Å². The van der Waals surface area contributed by atoms with Crippen molar-refractivity contribution in [1.82, 2.24) is 20.9 Å². The molecule has 0 bridgehead atoms. The molecule has 1 unspecified atom stereocenters. The predicted molar refractivity (Wildman–Crippen MR) is 179 cm³/mol. The lowest BCUT2D eigenvalue weighted by atomic mass is 9.91. The van der Waals surface area contributed by atoms with Crippen LogP contribution in [0.15, 0.2) is 33.7 Å². The standard InChI is InChI=1S/C33H42N4O6S2/c1-14-19(6-8-28(38)39)24(34-21(14)10-23-16(3)30(18(5)44)33(43)36-23)12-25-20(7-9-29(40)41)15(2)22(35-25)11-26-31(27-13-45-27)17(4)32(42)37-26/h11-12,17-18,21,23,27,31,34-35,44H,6-10,13H2,1-5H3,(H,36,43)(H,37,42)(H,38,39)(H,40,41)/b24-12+,26-11-/t17-,18-,21?,23-,27+,31-/m1/s1. The summed E-state index contributed by atoms with van der Waals surface area (Å²) >= 11 is 6.34. The monoisotopic (exact) mass is 654 g/mol. The van der Waals surface area contributed by atoms with Crippen LogP contribution in [0.5, 0.6) is 0 Å². The molecule has 242 valence electrons. The molecule has 10 nitrogen and oxygen atoms in total. The predicted octanol–water partition coefficient (Wildman–Crippen LogP) is 4.20. The Labute approximate surface area is 273 Å². The van der Waals surface area contributed by atoms with Crippen molar-refractivity contribution in [2.75, 3.05) is 5.75 Å². The molecule has 0 radical (unpaired) electrons. The number of thiol groups is 1. The van der Waals surface area contributed by atoms with Crippen LogP contribution in [0, 0.1) is 18.8 Å². The number of carboxylic acids is 2. The van der Waals surface area contributed by atoms with Crippen molar-refractivity contribution >= 4 is 60.3 Å². The minimum atomic E-state index is -0.898. The number of aliphatic carboxylic acids is 2. The fourth-order valence-corrected chi connectivity index (χ4v) is 8.15. The summed E-state index contributed by atoms with van der Waals surface area (Å²) in [5.74, 6) is -0.859. The summed E-state index contributed by atoms with van der Waals surface area (Å²) in [6, 6.07) is -0.310. The Kier molecular flexibility index (Phi) is 9.65. The largest absolute Gasteiger partial charge is 0.481 e. The molecule has 12 heteroatoms. The van der Waals surface area contributed by atoms with Gasteiger partial charge in [-0.3, -0.25) is 19.2 Å². The van der Waals surface area contributed by atoms with Gasteiger partial charge in [-0.1, -0.05) is 6.92 Å². The van der Waals surface area contributed by atoms with Gasteiger partial charge in [0.05, 0.1) is 6.04 Å². The first-order valence-corrected chi connectivity index (χ1v) is 17.0. The summed E-state index contributed by atoms with van der Waals surface area (Å²) < 4.78 is 0. The number of allylic oxidation sites excluding steroid dienone is 2. The summed E-state index contributed by atoms with van der Waals surface area (Å²) in [5, 5.41) is 29.0. The summed E-state index contributed by atoms with van der Waals surface area (Å²) in [6.07, 6.45) is 5.08. The van der Waals surface area contributed by atoms with Crippen molar-refractivity contribution in [1.29, 1.82) is 0 Å². The van der Waals surface area contributed by atoms with Gasteiger partial charge in [-0.25, -0.2) is 0 Å². The van der Waals surface area contributed by atoms with Gasteiger partial charge >= 0.3 is 11.9 Å². The van der Waals surface area contributed by atoms with Gasteiger partial charge in [0.25, 0.3) is 0 Å². The first-order valence-electron chi connectivity index (χ1n) is 15.4. The molecule has 5 rings (SSSR count). The van der Waals surface area contributed by atoms with E-state index in [1.165, 1.54) is 0 Å². The molecule has 5 heterocycles. The molecule has 2 saturated heterocycles. The van der Waals surface area contributed by atoms with Crippen molar-refractivity contribution in [3.63, 3.8) is 0 Å². The average molecular weight is 655 g/mol. The number of thioether (sulfide) groups is 1. The quantitative estimate of drug-likeness (QED) is 0.130. The number of H-pyrrole nitrogens is 1. The Bertz CT molecular complexity index is 1560. The number of hydrogen-bond acceptors (Lipinski definition) is 7. The highest BCUT2D eigenvalue weighted by Gasteiger charge is 2.45. The highest BCUT2D eigenvalue weighted by Crippen LogP contribution is 2.46. The van der Waals surface area contributed by atoms with E-state index >= 15 is 0 Å². The molecule has 6 atom stereocenters. The Morgan fingerprint density at radius 3 is 2.24 bits per heavy atom. The maximum absolute atomic E-state index is 12.6. The normalized spacial score (nSPS) is 28.6. The van der Waals surface area contributed by atoms with E-state index in [1.54, 1.807) is 0 Å². The van der Waals surface area contributed by atoms with Crippen molar-refractivity contribution in [3.05, 3.63) is 56.2 Å². The smallest absolute Gasteiger partial charge is 0.303 e. The average Bonchev–Trinajstić information content (AvgIpc) is 3.52. The van der Waals surface area contributed by atoms with Crippen LogP contribution in [0.1, 0.15) is 75.9 Å². The maximum Gasteiger partial charge on any atom is 0.303 e. The highest BCUT2D eigenvalue weighted by molar-refractivity contribution is 8.06. The van der Waals surface area contributed by atoms with Crippen molar-refractivity contribution < 1.29 is 29.4 Å². The number of aromatic amines is 1. The zero-order chi connectivity index (χ0) is 32.7. The molecule has 6 N–H and O–H groups in total. The van der Waals surface area contributed by atoms with Gasteiger partial charge in [0.15, 0.2) is 0 Å². The number of amides is 2. The van der Waals surface area contributed by atoms with Crippen molar-refractivity contribution in [2.45, 2.75) is 89.3 Å². The number of carbonyl (C=O) groups excluding carboxylic acids is 2. The van der Waals surface area contributed by atoms with Crippen LogP contribution < -0.4 is 16.0 Å². The van der Waals surface area contributed by atoms with Crippen LogP contribution >= 0.6 is 24.4 Å². The molecule has 2 fully saturated rings. The third-order valence-corrected chi connectivity index (χ3v) is 10.9. The molecule has 0 aromatic carbocycles. The third-order valence-electron chi connectivity index (χ3n) is 9.60. The van der Waals surface area contributed by atoms with Crippen LogP contribution in [-0.4, -0.2) is 67.3 Å². The van der Waals surface area contributed by atoms with Crippen LogP contribution in [-0.2, 0) is 25.6 Å². The third kappa shape index (κ3) is 6.91. The highest BCUT2D eigenvalue weighted by atomic mass is 32.2. The van der Waals surface area contributed by atoms with Gasteiger partial charge < -0.3 is 31.1 Å². The summed E-state index contributed by atoms with van der Waals surface area (Å²) in [7, 11) is 0. The number of hydrogen-bond donors (Lipinski definition) is 7. The Balaban J connectivity index is 1.51. The molecule has 1 aromatic rings. The van der Waals surface area contributed by atoms with Crippen LogP contribution in [0.25, 0.3) is 12.2 Å². The van der Waals surface area contributed by atoms with Crippen molar-refractivity contribution in [3.8, 4) is 0 Å². The maximum atomic E-state index is 12.6. The molecular weight excluding hydrogens is 613 g/mol. The van der Waals surface area contributed by atoms with E-state index in [9.17, 15) is 29.4 Å². The lowest BCUT2D eigenvalue weighted by Crippen LogP contribution is -2.36. The zero-order valence-electron chi connectivity index (χ0n) is 26.2. The SMILES string of the molecule is CC1=C(CCC(=O)O)/C(=C\c2[nH]c(/C=C3\NC(=O)[C@H](C)[C@H]3[C@@H]3CS3)c(C)c2CCC(=O)O)NC1C[C@H]1NC(=O)C([C@@H](C)S)=C1C. The van der Waals surface area contributed by atoms with E-state index in [0.717, 1.165) is 56.4 Å². The summed E-state index contributed by atoms with van der Waals surface area (Å²) in [5.41, 5.74) is 8.56. The first kappa shape index (κ1) is 33.0. The second-order valence-electron chi connectivity index (χ2n) is 12.6. The summed E-state index contributed by atoms with van der Waals surface area (Å²) in [6.45, 7) is 9.74. The fraction of sp³-hybridized carbons (Fsp3) is 0.515. The van der Waals surface area contributed by atoms with E-state index in [0.29, 0.717) is 30.1 Å². The van der Waals surface area contributed by atoms with Crippen LogP contribution in [0.4, 0.5) is 0 Å². The lowest BCUT2D eigenvalue weighted by molar-refractivity contribution is -0.138. The van der Waals surface area contributed by atoms with E-state index in [1.807, 2.05) is 58.5 Å².